The largest absolute Gasteiger partial charge is 0.497 e. The van der Waals surface area contributed by atoms with Crippen LogP contribution in [0, 0.1) is 0 Å². The predicted octanol–water partition coefficient (Wildman–Crippen LogP) is 6.45. The minimum atomic E-state index is -0.445. The van der Waals surface area contributed by atoms with Crippen LogP contribution in [0.15, 0.2) is 97.3 Å². The molecule has 2 heterocycles. The molecule has 0 fully saturated rings. The van der Waals surface area contributed by atoms with Gasteiger partial charge in [-0.2, -0.15) is 0 Å². The van der Waals surface area contributed by atoms with Gasteiger partial charge < -0.3 is 18.9 Å². The van der Waals surface area contributed by atoms with E-state index in [1.165, 1.54) is 12.2 Å². The zero-order chi connectivity index (χ0) is 29.9. The molecule has 0 spiro atoms. The summed E-state index contributed by atoms with van der Waals surface area (Å²) in [6.07, 6.45) is 6.20. The molecule has 0 unspecified atom stereocenters. The van der Waals surface area contributed by atoms with Crippen molar-refractivity contribution >= 4 is 23.1 Å². The predicted molar refractivity (Wildman–Crippen MR) is 160 cm³/mol. The third kappa shape index (κ3) is 8.38. The van der Waals surface area contributed by atoms with Crippen LogP contribution >= 0.6 is 0 Å². The smallest absolute Gasteiger partial charge is 0.331 e. The lowest BCUT2D eigenvalue weighted by Gasteiger charge is -2.08. The summed E-state index contributed by atoms with van der Waals surface area (Å²) in [6.45, 7) is 3.86. The van der Waals surface area contributed by atoms with Gasteiger partial charge in [-0.1, -0.05) is 24.3 Å². The first-order valence-corrected chi connectivity index (χ1v) is 13.2. The number of nitrogens with zero attached hydrogens (tertiary/aromatic N) is 2. The zero-order valence-corrected chi connectivity index (χ0v) is 24.0. The molecule has 0 aliphatic carbocycles. The Bertz CT molecular complexity index is 1470. The monoisotopic (exact) mass is 564 g/mol. The number of methoxy groups -OCH3 is 2. The number of hydrogen-bond donors (Lipinski definition) is 0. The summed E-state index contributed by atoms with van der Waals surface area (Å²) in [7, 11) is 3.21. The molecule has 0 N–H and O–H groups in total. The van der Waals surface area contributed by atoms with Crippen LogP contribution in [0.1, 0.15) is 36.1 Å². The van der Waals surface area contributed by atoms with Crippen molar-refractivity contribution in [1.82, 2.24) is 9.97 Å². The Balaban J connectivity index is 1.34. The quantitative estimate of drug-likeness (QED) is 0.151. The fraction of sp³-hybridized carbons (Fsp3) is 0.176. The van der Waals surface area contributed by atoms with Crippen LogP contribution in [0.5, 0.6) is 11.5 Å². The van der Waals surface area contributed by atoms with Crippen molar-refractivity contribution in [1.29, 1.82) is 0 Å². The van der Waals surface area contributed by atoms with Gasteiger partial charge in [-0.05, 0) is 95.8 Å². The van der Waals surface area contributed by atoms with Crippen LogP contribution in [-0.4, -0.2) is 36.1 Å². The van der Waals surface area contributed by atoms with Crippen LogP contribution in [0.2, 0.25) is 0 Å². The van der Waals surface area contributed by atoms with Gasteiger partial charge in [0.25, 0.3) is 0 Å². The first-order valence-electron chi connectivity index (χ1n) is 13.2. The van der Waals surface area contributed by atoms with E-state index in [1.807, 2.05) is 74.5 Å². The Hall–Kier alpha value is -5.24. The summed E-state index contributed by atoms with van der Waals surface area (Å²) in [6, 6.07) is 22.1. The topological polar surface area (TPSA) is 96.8 Å². The van der Waals surface area contributed by atoms with E-state index in [0.29, 0.717) is 11.4 Å². The summed E-state index contributed by atoms with van der Waals surface area (Å²) in [5.74, 6) is 0.605. The van der Waals surface area contributed by atoms with Crippen LogP contribution in [-0.2, 0) is 32.3 Å². The summed E-state index contributed by atoms with van der Waals surface area (Å²) >= 11 is 0. The van der Waals surface area contributed by atoms with E-state index in [9.17, 15) is 9.59 Å². The molecule has 0 saturated heterocycles. The summed E-state index contributed by atoms with van der Waals surface area (Å²) in [5, 5.41) is 0. The maximum absolute atomic E-state index is 12.4. The van der Waals surface area contributed by atoms with Crippen molar-refractivity contribution in [3.05, 3.63) is 120 Å². The number of pyridine rings is 2. The normalized spacial score (nSPS) is 11.5. The van der Waals surface area contributed by atoms with Crippen LogP contribution in [0.3, 0.4) is 0 Å². The van der Waals surface area contributed by atoms with Crippen LogP contribution in [0.4, 0.5) is 0 Å². The number of carbonyl (C=O) groups is 2. The fourth-order valence-corrected chi connectivity index (χ4v) is 4.03. The second-order valence-electron chi connectivity index (χ2n) is 9.43. The molecule has 2 aromatic carbocycles. The Morgan fingerprint density at radius 1 is 0.619 bits per heavy atom. The number of aromatic nitrogens is 2. The minimum Gasteiger partial charge on any atom is -0.497 e. The molecule has 2 aromatic heterocycles. The highest BCUT2D eigenvalue weighted by Crippen LogP contribution is 2.21. The van der Waals surface area contributed by atoms with E-state index in [4.69, 9.17) is 18.9 Å². The summed E-state index contributed by atoms with van der Waals surface area (Å²) in [4.78, 5) is 33.7. The molecule has 4 aromatic rings. The van der Waals surface area contributed by atoms with Crippen molar-refractivity contribution in [2.24, 2.45) is 0 Å². The molecule has 0 aliphatic heterocycles. The molecule has 0 saturated carbocycles. The number of benzene rings is 2. The lowest BCUT2D eigenvalue weighted by Crippen LogP contribution is -2.03. The average Bonchev–Trinajstić information content (AvgIpc) is 3.03. The second-order valence-corrected chi connectivity index (χ2v) is 9.43. The molecule has 8 nitrogen and oxygen atoms in total. The number of hydrogen-bond acceptors (Lipinski definition) is 8. The Morgan fingerprint density at radius 3 is 1.36 bits per heavy atom. The second kappa shape index (κ2) is 14.4. The summed E-state index contributed by atoms with van der Waals surface area (Å²) in [5.41, 5.74) is 6.12. The number of carbonyl (C=O) groups excluding carboxylic acids is 2. The third-order valence-corrected chi connectivity index (χ3v) is 6.43. The molecule has 42 heavy (non-hydrogen) atoms. The lowest BCUT2D eigenvalue weighted by atomic mass is 10.1. The van der Waals surface area contributed by atoms with Gasteiger partial charge in [0.1, 0.15) is 24.7 Å². The van der Waals surface area contributed by atoms with Crippen molar-refractivity contribution in [2.45, 2.75) is 27.1 Å². The van der Waals surface area contributed by atoms with Crippen molar-refractivity contribution in [2.75, 3.05) is 14.2 Å². The number of rotatable bonds is 11. The highest BCUT2D eigenvalue weighted by molar-refractivity contribution is 5.91. The highest BCUT2D eigenvalue weighted by Gasteiger charge is 2.09. The van der Waals surface area contributed by atoms with Gasteiger partial charge in [-0.25, -0.2) is 9.59 Å². The Morgan fingerprint density at radius 2 is 1.00 bits per heavy atom. The molecule has 0 aliphatic rings. The first-order chi connectivity index (χ1) is 20.3. The number of ether oxygens (including phenoxy) is 4. The van der Waals surface area contributed by atoms with E-state index in [-0.39, 0.29) is 13.2 Å². The van der Waals surface area contributed by atoms with Gasteiger partial charge in [-0.3, -0.25) is 9.97 Å². The molecule has 0 radical (unpaired) electrons. The number of esters is 2. The van der Waals surface area contributed by atoms with Gasteiger partial charge >= 0.3 is 11.9 Å². The Labute approximate surface area is 245 Å². The molecule has 4 rings (SSSR count). The van der Waals surface area contributed by atoms with Crippen molar-refractivity contribution < 1.29 is 28.5 Å². The van der Waals surface area contributed by atoms with E-state index < -0.39 is 11.9 Å². The maximum Gasteiger partial charge on any atom is 0.331 e. The van der Waals surface area contributed by atoms with E-state index in [1.54, 1.807) is 38.7 Å². The van der Waals surface area contributed by atoms with Crippen molar-refractivity contribution in [3.63, 3.8) is 0 Å². The van der Waals surface area contributed by atoms with Crippen LogP contribution < -0.4 is 9.47 Å². The van der Waals surface area contributed by atoms with E-state index in [0.717, 1.165) is 44.9 Å². The number of allylic oxidation sites excluding steroid dienone is 2. The van der Waals surface area contributed by atoms with E-state index >= 15 is 0 Å². The fourth-order valence-electron chi connectivity index (χ4n) is 4.03. The summed E-state index contributed by atoms with van der Waals surface area (Å²) < 4.78 is 21.3. The van der Waals surface area contributed by atoms with Gasteiger partial charge in [0, 0.05) is 24.5 Å². The van der Waals surface area contributed by atoms with Gasteiger partial charge in [0.15, 0.2) is 0 Å². The minimum absolute atomic E-state index is 0.0813. The zero-order valence-electron chi connectivity index (χ0n) is 24.0. The average molecular weight is 565 g/mol. The first kappa shape index (κ1) is 29.7. The third-order valence-electron chi connectivity index (χ3n) is 6.43. The molecular formula is C34H32N2O6. The lowest BCUT2D eigenvalue weighted by molar-refractivity contribution is -0.139. The molecular weight excluding hydrogens is 532 g/mol. The molecule has 0 bridgehead atoms. The maximum atomic E-state index is 12.4. The van der Waals surface area contributed by atoms with E-state index in [2.05, 4.69) is 9.97 Å². The molecule has 0 atom stereocenters. The van der Waals surface area contributed by atoms with Crippen molar-refractivity contribution in [3.8, 4) is 22.9 Å². The Kier molecular flexibility index (Phi) is 10.2. The molecule has 8 heteroatoms. The van der Waals surface area contributed by atoms with Gasteiger partial charge in [-0.15, -0.1) is 0 Å². The van der Waals surface area contributed by atoms with Gasteiger partial charge in [0.05, 0.1) is 25.6 Å². The SMILES string of the molecule is COc1ccc(/C(C)=C/C(=O)OCc2ccnc(-c3cc(COC(=O)/C=C(\C)c4ccc(OC)cc4)ccn3)c2)cc1. The molecule has 214 valence electrons. The standard InChI is InChI=1S/C34H32N2O6/c1-23(27-5-9-29(39-3)10-6-27)17-33(37)41-21-25-13-15-35-31(19-25)32-20-26(14-16-36-32)22-42-34(38)18-24(2)28-7-11-30(40-4)12-8-28/h5-20H,21-22H2,1-4H3/b23-17+,24-18+. The van der Waals surface area contributed by atoms with Crippen LogP contribution in [0.25, 0.3) is 22.5 Å². The highest BCUT2D eigenvalue weighted by atomic mass is 16.5. The van der Waals surface area contributed by atoms with Gasteiger partial charge in [0.2, 0.25) is 0 Å². The molecule has 0 amide bonds.